The van der Waals surface area contributed by atoms with E-state index in [0.29, 0.717) is 39.3 Å². The lowest BCUT2D eigenvalue weighted by atomic mass is 10.1. The highest BCUT2D eigenvalue weighted by molar-refractivity contribution is 6.34. The van der Waals surface area contributed by atoms with Crippen LogP contribution in [-0.4, -0.2) is 43.7 Å². The number of ether oxygens (including phenoxy) is 3. The molecular formula is C16H17Cl2N5O4. The van der Waals surface area contributed by atoms with Crippen LogP contribution in [0.25, 0.3) is 0 Å². The van der Waals surface area contributed by atoms with Gasteiger partial charge >= 0.3 is 0 Å². The van der Waals surface area contributed by atoms with Crippen LogP contribution < -0.4 is 30.2 Å². The van der Waals surface area contributed by atoms with Crippen LogP contribution in [0.4, 0.5) is 17.5 Å². The zero-order chi connectivity index (χ0) is 19.7. The van der Waals surface area contributed by atoms with Crippen LogP contribution >= 0.6 is 23.2 Å². The Morgan fingerprint density at radius 2 is 1.89 bits per heavy atom. The molecule has 3 rings (SSSR count). The SMILES string of the molecule is COc1cc(CN2CC(=O)Nc3c(Cl)nc(N)nc32)c(Cl)c(OC)c1OC. The van der Waals surface area contributed by atoms with Crippen molar-refractivity contribution in [3.8, 4) is 17.2 Å². The Morgan fingerprint density at radius 1 is 1.19 bits per heavy atom. The second-order valence-electron chi connectivity index (χ2n) is 5.59. The van der Waals surface area contributed by atoms with Crippen molar-refractivity contribution < 1.29 is 19.0 Å². The molecule has 1 aromatic heterocycles. The zero-order valence-corrected chi connectivity index (χ0v) is 16.3. The van der Waals surface area contributed by atoms with Gasteiger partial charge in [0.2, 0.25) is 17.6 Å². The van der Waals surface area contributed by atoms with E-state index < -0.39 is 0 Å². The Balaban J connectivity index is 2.07. The Bertz CT molecular complexity index is 909. The normalized spacial score (nSPS) is 13.1. The van der Waals surface area contributed by atoms with E-state index in [1.807, 2.05) is 0 Å². The molecule has 0 unspecified atom stereocenters. The summed E-state index contributed by atoms with van der Waals surface area (Å²) in [6.45, 7) is 0.259. The highest BCUT2D eigenvalue weighted by Gasteiger charge is 2.29. The number of nitrogen functional groups attached to an aromatic ring is 1. The standard InChI is InChI=1S/C16H17Cl2N5O4/c1-25-8-4-7(10(17)13(27-3)12(8)26-2)5-23-6-9(24)20-11-14(18)21-16(19)22-15(11)23/h4H,5-6H2,1-3H3,(H,20,24)(H2,19,21,22). The van der Waals surface area contributed by atoms with Crippen molar-refractivity contribution in [1.29, 1.82) is 0 Å². The highest BCUT2D eigenvalue weighted by Crippen LogP contribution is 2.45. The van der Waals surface area contributed by atoms with E-state index in [1.165, 1.54) is 21.3 Å². The summed E-state index contributed by atoms with van der Waals surface area (Å²) in [5.41, 5.74) is 6.64. The van der Waals surface area contributed by atoms with Gasteiger partial charge in [0.1, 0.15) is 5.69 Å². The maximum absolute atomic E-state index is 12.1. The van der Waals surface area contributed by atoms with Crippen LogP contribution in [0.1, 0.15) is 5.56 Å². The van der Waals surface area contributed by atoms with E-state index in [0.717, 1.165) is 0 Å². The topological polar surface area (TPSA) is 112 Å². The Morgan fingerprint density at radius 3 is 2.52 bits per heavy atom. The molecule has 1 aromatic carbocycles. The number of rotatable bonds is 5. The van der Waals surface area contributed by atoms with Crippen LogP contribution in [0.2, 0.25) is 10.2 Å². The van der Waals surface area contributed by atoms with Crippen molar-refractivity contribution in [2.24, 2.45) is 0 Å². The van der Waals surface area contributed by atoms with Crippen molar-refractivity contribution in [3.63, 3.8) is 0 Å². The second kappa shape index (κ2) is 7.53. The maximum atomic E-state index is 12.1. The molecule has 144 valence electrons. The number of anilines is 3. The number of carbonyl (C=O) groups is 1. The summed E-state index contributed by atoms with van der Waals surface area (Å²) in [6.07, 6.45) is 0. The molecule has 0 spiro atoms. The number of nitrogens with zero attached hydrogens (tertiary/aromatic N) is 3. The quantitative estimate of drug-likeness (QED) is 0.718. The molecule has 27 heavy (non-hydrogen) atoms. The molecular weight excluding hydrogens is 397 g/mol. The van der Waals surface area contributed by atoms with Gasteiger partial charge in [0.25, 0.3) is 0 Å². The van der Waals surface area contributed by atoms with Gasteiger partial charge in [-0.25, -0.2) is 0 Å². The van der Waals surface area contributed by atoms with E-state index >= 15 is 0 Å². The average Bonchev–Trinajstić information content (AvgIpc) is 2.63. The number of fused-ring (bicyclic) bond motifs is 1. The fourth-order valence-corrected chi connectivity index (χ4v) is 3.32. The van der Waals surface area contributed by atoms with Gasteiger partial charge < -0.3 is 30.2 Å². The number of methoxy groups -OCH3 is 3. The number of aromatic nitrogens is 2. The molecule has 11 heteroatoms. The minimum absolute atomic E-state index is 0.00381. The van der Waals surface area contributed by atoms with Gasteiger partial charge in [0, 0.05) is 6.54 Å². The van der Waals surface area contributed by atoms with E-state index in [9.17, 15) is 4.79 Å². The number of hydrogen-bond donors (Lipinski definition) is 2. The van der Waals surface area contributed by atoms with Crippen LogP contribution in [0.3, 0.4) is 0 Å². The molecule has 1 aliphatic heterocycles. The molecule has 0 saturated heterocycles. The zero-order valence-electron chi connectivity index (χ0n) is 14.8. The molecule has 2 heterocycles. The fourth-order valence-electron chi connectivity index (χ4n) is 2.82. The summed E-state index contributed by atoms with van der Waals surface area (Å²) in [6, 6.07) is 1.71. The molecule has 1 amide bonds. The number of halogens is 2. The molecule has 0 fully saturated rings. The van der Waals surface area contributed by atoms with E-state index in [1.54, 1.807) is 11.0 Å². The lowest BCUT2D eigenvalue weighted by Gasteiger charge is -2.30. The molecule has 0 saturated carbocycles. The summed E-state index contributed by atoms with van der Waals surface area (Å²) in [5.74, 6) is 1.28. The Labute approximate surface area is 165 Å². The first kappa shape index (κ1) is 19.1. The van der Waals surface area contributed by atoms with Crippen molar-refractivity contribution in [1.82, 2.24) is 9.97 Å². The molecule has 1 aliphatic rings. The summed E-state index contributed by atoms with van der Waals surface area (Å²) in [5, 5.41) is 3.04. The number of amides is 1. The highest BCUT2D eigenvalue weighted by atomic mass is 35.5. The van der Waals surface area contributed by atoms with Gasteiger partial charge in [-0.1, -0.05) is 23.2 Å². The van der Waals surface area contributed by atoms with Gasteiger partial charge in [0.15, 0.2) is 22.5 Å². The third kappa shape index (κ3) is 3.47. The van der Waals surface area contributed by atoms with Crippen molar-refractivity contribution >= 4 is 46.6 Å². The molecule has 2 aromatic rings. The molecule has 3 N–H and O–H groups in total. The number of nitrogens with two attached hydrogens (primary N) is 1. The first-order chi connectivity index (χ1) is 12.9. The third-order valence-corrected chi connectivity index (χ3v) is 4.66. The summed E-state index contributed by atoms with van der Waals surface area (Å²) < 4.78 is 16.1. The first-order valence-corrected chi connectivity index (χ1v) is 8.50. The monoisotopic (exact) mass is 413 g/mol. The fraction of sp³-hybridized carbons (Fsp3) is 0.312. The van der Waals surface area contributed by atoms with Gasteiger partial charge in [0.05, 0.1) is 32.9 Å². The number of nitrogens with one attached hydrogen (secondary N) is 1. The van der Waals surface area contributed by atoms with E-state index in [-0.39, 0.29) is 30.1 Å². The molecule has 9 nitrogen and oxygen atoms in total. The minimum Gasteiger partial charge on any atom is -0.493 e. The summed E-state index contributed by atoms with van der Waals surface area (Å²) in [4.78, 5) is 21.8. The minimum atomic E-state index is -0.263. The average molecular weight is 414 g/mol. The van der Waals surface area contributed by atoms with Crippen LogP contribution in [0.15, 0.2) is 6.07 Å². The number of hydrogen-bond acceptors (Lipinski definition) is 8. The summed E-state index contributed by atoms with van der Waals surface area (Å²) in [7, 11) is 4.47. The van der Waals surface area contributed by atoms with Gasteiger partial charge in [-0.15, -0.1) is 0 Å². The van der Waals surface area contributed by atoms with Crippen molar-refractivity contribution in [2.75, 3.05) is 43.8 Å². The predicted molar refractivity (Wildman–Crippen MR) is 102 cm³/mol. The van der Waals surface area contributed by atoms with Crippen molar-refractivity contribution in [3.05, 3.63) is 21.8 Å². The second-order valence-corrected chi connectivity index (χ2v) is 6.33. The Kier molecular flexibility index (Phi) is 5.33. The molecule has 0 aliphatic carbocycles. The van der Waals surface area contributed by atoms with Crippen LogP contribution in [0, 0.1) is 0 Å². The van der Waals surface area contributed by atoms with Gasteiger partial charge in [-0.3, -0.25) is 4.79 Å². The number of benzene rings is 1. The molecule has 0 atom stereocenters. The van der Waals surface area contributed by atoms with E-state index in [4.69, 9.17) is 43.1 Å². The first-order valence-electron chi connectivity index (χ1n) is 7.74. The Hall–Kier alpha value is -2.65. The molecule has 0 radical (unpaired) electrons. The summed E-state index contributed by atoms with van der Waals surface area (Å²) >= 11 is 12.6. The van der Waals surface area contributed by atoms with Gasteiger partial charge in [-0.05, 0) is 11.6 Å². The number of carbonyl (C=O) groups excluding carboxylic acids is 1. The van der Waals surface area contributed by atoms with Crippen LogP contribution in [-0.2, 0) is 11.3 Å². The smallest absolute Gasteiger partial charge is 0.244 e. The van der Waals surface area contributed by atoms with E-state index in [2.05, 4.69) is 15.3 Å². The molecule has 0 bridgehead atoms. The third-order valence-electron chi connectivity index (χ3n) is 3.97. The predicted octanol–water partition coefficient (Wildman–Crippen LogP) is 2.35. The maximum Gasteiger partial charge on any atom is 0.244 e. The lowest BCUT2D eigenvalue weighted by molar-refractivity contribution is -0.115. The van der Waals surface area contributed by atoms with Crippen molar-refractivity contribution in [2.45, 2.75) is 6.54 Å². The van der Waals surface area contributed by atoms with Crippen LogP contribution in [0.5, 0.6) is 17.2 Å². The van der Waals surface area contributed by atoms with Gasteiger partial charge in [-0.2, -0.15) is 9.97 Å². The largest absolute Gasteiger partial charge is 0.493 e. The lowest BCUT2D eigenvalue weighted by Crippen LogP contribution is -2.39.